The topological polar surface area (TPSA) is 78.9 Å². The highest BCUT2D eigenvalue weighted by Crippen LogP contribution is 2.28. The molecule has 0 unspecified atom stereocenters. The molecular formula is C29H35N5O3. The van der Waals surface area contributed by atoms with Crippen LogP contribution < -0.4 is 9.64 Å². The minimum atomic E-state index is -0.109. The summed E-state index contributed by atoms with van der Waals surface area (Å²) in [6.07, 6.45) is 0. The van der Waals surface area contributed by atoms with Gasteiger partial charge in [-0.25, -0.2) is 0 Å². The number of ether oxygens (including phenoxy) is 1. The highest BCUT2D eigenvalue weighted by atomic mass is 16.5. The number of nitrogens with zero attached hydrogens (tertiary/aromatic N) is 5. The Hall–Kier alpha value is -3.94. The molecule has 0 N–H and O–H groups in total. The van der Waals surface area contributed by atoms with Gasteiger partial charge < -0.3 is 19.4 Å². The van der Waals surface area contributed by atoms with Crippen LogP contribution in [0.2, 0.25) is 0 Å². The third-order valence-electron chi connectivity index (χ3n) is 6.74. The van der Waals surface area contributed by atoms with Gasteiger partial charge in [0.25, 0.3) is 11.8 Å². The highest BCUT2D eigenvalue weighted by molar-refractivity contribution is 5.95. The van der Waals surface area contributed by atoms with Crippen molar-refractivity contribution in [3.8, 4) is 16.9 Å². The van der Waals surface area contributed by atoms with E-state index < -0.39 is 0 Å². The lowest BCUT2D eigenvalue weighted by Gasteiger charge is -2.35. The largest absolute Gasteiger partial charge is 0.494 e. The van der Waals surface area contributed by atoms with E-state index in [4.69, 9.17) is 4.74 Å². The molecule has 1 saturated heterocycles. The lowest BCUT2D eigenvalue weighted by Crippen LogP contribution is -2.49. The van der Waals surface area contributed by atoms with Gasteiger partial charge in [-0.1, -0.05) is 18.2 Å². The highest BCUT2D eigenvalue weighted by Gasteiger charge is 2.24. The number of piperazine rings is 1. The van der Waals surface area contributed by atoms with Gasteiger partial charge in [0, 0.05) is 44.8 Å². The molecule has 8 nitrogen and oxygen atoms in total. The number of aromatic nitrogens is 2. The molecule has 0 atom stereocenters. The second-order valence-electron chi connectivity index (χ2n) is 9.02. The molecule has 194 valence electrons. The molecule has 0 radical (unpaired) electrons. The van der Waals surface area contributed by atoms with Crippen molar-refractivity contribution < 1.29 is 14.3 Å². The smallest absolute Gasteiger partial charge is 0.274 e. The van der Waals surface area contributed by atoms with Crippen molar-refractivity contribution in [2.75, 3.05) is 50.8 Å². The number of anilines is 1. The summed E-state index contributed by atoms with van der Waals surface area (Å²) >= 11 is 0. The van der Waals surface area contributed by atoms with Gasteiger partial charge >= 0.3 is 0 Å². The van der Waals surface area contributed by atoms with Crippen LogP contribution in [0.4, 0.5) is 5.82 Å². The average molecular weight is 502 g/mol. The first-order valence-electron chi connectivity index (χ1n) is 13.0. The first-order valence-corrected chi connectivity index (χ1v) is 13.0. The molecular weight excluding hydrogens is 466 g/mol. The molecule has 0 bridgehead atoms. The Kier molecular flexibility index (Phi) is 8.38. The van der Waals surface area contributed by atoms with Crippen LogP contribution in [0.5, 0.6) is 5.75 Å². The lowest BCUT2D eigenvalue weighted by molar-refractivity contribution is 0.0742. The van der Waals surface area contributed by atoms with Gasteiger partial charge in [-0.3, -0.25) is 9.59 Å². The monoisotopic (exact) mass is 501 g/mol. The Morgan fingerprint density at radius 1 is 0.919 bits per heavy atom. The summed E-state index contributed by atoms with van der Waals surface area (Å²) in [4.78, 5) is 31.4. The fraction of sp³-hybridized carbons (Fsp3) is 0.379. The Morgan fingerprint density at radius 3 is 2.30 bits per heavy atom. The van der Waals surface area contributed by atoms with E-state index in [9.17, 15) is 9.59 Å². The van der Waals surface area contributed by atoms with E-state index in [2.05, 4.69) is 21.2 Å². The number of benzene rings is 2. The summed E-state index contributed by atoms with van der Waals surface area (Å²) in [5, 5.41) is 8.45. The van der Waals surface area contributed by atoms with Crippen molar-refractivity contribution in [1.29, 1.82) is 0 Å². The predicted molar refractivity (Wildman–Crippen MR) is 145 cm³/mol. The van der Waals surface area contributed by atoms with E-state index in [-0.39, 0.29) is 11.8 Å². The van der Waals surface area contributed by atoms with E-state index >= 15 is 0 Å². The van der Waals surface area contributed by atoms with Crippen LogP contribution in [0.1, 0.15) is 47.2 Å². The maximum atomic E-state index is 13.2. The van der Waals surface area contributed by atoms with Gasteiger partial charge in [0.1, 0.15) is 5.75 Å². The number of hydrogen-bond acceptors (Lipinski definition) is 6. The van der Waals surface area contributed by atoms with E-state index in [1.165, 1.54) is 0 Å². The molecule has 3 aromatic rings. The number of amides is 2. The molecule has 1 aliphatic heterocycles. The quantitative estimate of drug-likeness (QED) is 0.458. The summed E-state index contributed by atoms with van der Waals surface area (Å²) in [5.74, 6) is 1.48. The first-order chi connectivity index (χ1) is 17.9. The normalized spacial score (nSPS) is 13.4. The molecule has 4 rings (SSSR count). The van der Waals surface area contributed by atoms with Crippen LogP contribution >= 0.6 is 0 Å². The molecule has 2 amide bonds. The summed E-state index contributed by atoms with van der Waals surface area (Å²) in [7, 11) is 0. The summed E-state index contributed by atoms with van der Waals surface area (Å²) in [6, 6.07) is 17.5. The van der Waals surface area contributed by atoms with Gasteiger partial charge in [0.2, 0.25) is 0 Å². The van der Waals surface area contributed by atoms with Crippen LogP contribution in [0, 0.1) is 6.92 Å². The first kappa shape index (κ1) is 26.1. The zero-order valence-electron chi connectivity index (χ0n) is 22.1. The maximum Gasteiger partial charge on any atom is 0.274 e. The number of carbonyl (C=O) groups is 2. The molecule has 0 aliphatic carbocycles. The molecule has 0 saturated carbocycles. The average Bonchev–Trinajstić information content (AvgIpc) is 2.94. The Balaban J connectivity index is 1.38. The van der Waals surface area contributed by atoms with E-state index in [1.807, 2.05) is 75.1 Å². The zero-order valence-corrected chi connectivity index (χ0v) is 22.1. The Morgan fingerprint density at radius 2 is 1.68 bits per heavy atom. The number of aryl methyl sites for hydroxylation is 1. The van der Waals surface area contributed by atoms with Crippen molar-refractivity contribution in [1.82, 2.24) is 20.0 Å². The van der Waals surface area contributed by atoms with Gasteiger partial charge in [-0.15, -0.1) is 10.2 Å². The minimum Gasteiger partial charge on any atom is -0.494 e. The van der Waals surface area contributed by atoms with Crippen LogP contribution in [0.3, 0.4) is 0 Å². The Bertz CT molecular complexity index is 1230. The van der Waals surface area contributed by atoms with Crippen molar-refractivity contribution in [2.24, 2.45) is 0 Å². The van der Waals surface area contributed by atoms with Gasteiger partial charge in [-0.2, -0.15) is 0 Å². The van der Waals surface area contributed by atoms with Crippen molar-refractivity contribution in [3.63, 3.8) is 0 Å². The number of hydrogen-bond donors (Lipinski definition) is 0. The molecule has 0 spiro atoms. The molecule has 2 heterocycles. The minimum absolute atomic E-state index is 0.0311. The van der Waals surface area contributed by atoms with Crippen molar-refractivity contribution >= 4 is 17.6 Å². The van der Waals surface area contributed by atoms with E-state index in [0.717, 1.165) is 28.3 Å². The fourth-order valence-corrected chi connectivity index (χ4v) is 4.64. The number of rotatable bonds is 8. The lowest BCUT2D eigenvalue weighted by atomic mass is 9.98. The predicted octanol–water partition coefficient (Wildman–Crippen LogP) is 4.30. The van der Waals surface area contributed by atoms with Crippen LogP contribution in [0.15, 0.2) is 54.6 Å². The standard InChI is InChI=1S/C29H35N5O3/c1-5-32(6-2)29(36)26-13-14-27(31-30-26)33-15-17-34(18-16-33)28(35)23-11-12-25(21(4)19-23)22-9-8-10-24(20-22)37-7-3/h8-14,19-20H,5-7,15-18H2,1-4H3. The maximum absolute atomic E-state index is 13.2. The number of carbonyl (C=O) groups excluding carboxylic acids is 2. The molecule has 8 heteroatoms. The van der Waals surface area contributed by atoms with Crippen molar-refractivity contribution in [2.45, 2.75) is 27.7 Å². The molecule has 1 aliphatic rings. The third kappa shape index (κ3) is 5.90. The van der Waals surface area contributed by atoms with Crippen LogP contribution in [-0.4, -0.2) is 77.7 Å². The van der Waals surface area contributed by atoms with E-state index in [0.29, 0.717) is 57.1 Å². The SMILES string of the molecule is CCOc1cccc(-c2ccc(C(=O)N3CCN(c4ccc(C(=O)N(CC)CC)nn4)CC3)cc2C)c1. The van der Waals surface area contributed by atoms with Crippen molar-refractivity contribution in [3.05, 3.63) is 71.4 Å². The Labute approximate surface area is 218 Å². The molecule has 1 aromatic heterocycles. The van der Waals surface area contributed by atoms with E-state index in [1.54, 1.807) is 11.0 Å². The summed E-state index contributed by atoms with van der Waals surface area (Å²) in [5.41, 5.74) is 4.25. The zero-order chi connectivity index (χ0) is 26.4. The third-order valence-corrected chi connectivity index (χ3v) is 6.74. The molecule has 1 fully saturated rings. The van der Waals surface area contributed by atoms with Crippen LogP contribution in [-0.2, 0) is 0 Å². The fourth-order valence-electron chi connectivity index (χ4n) is 4.64. The molecule has 37 heavy (non-hydrogen) atoms. The van der Waals surface area contributed by atoms with Crippen LogP contribution in [0.25, 0.3) is 11.1 Å². The van der Waals surface area contributed by atoms with Gasteiger partial charge in [-0.05, 0) is 80.8 Å². The second kappa shape index (κ2) is 11.9. The van der Waals surface area contributed by atoms with Gasteiger partial charge in [0.15, 0.2) is 11.5 Å². The summed E-state index contributed by atoms with van der Waals surface area (Å²) in [6.45, 7) is 12.3. The van der Waals surface area contributed by atoms with Gasteiger partial charge in [0.05, 0.1) is 6.61 Å². The molecule has 2 aromatic carbocycles. The second-order valence-corrected chi connectivity index (χ2v) is 9.02. The summed E-state index contributed by atoms with van der Waals surface area (Å²) < 4.78 is 5.63.